The summed E-state index contributed by atoms with van der Waals surface area (Å²) in [7, 11) is 0. The second-order valence-corrected chi connectivity index (χ2v) is 7.82. The quantitative estimate of drug-likeness (QED) is 0.796. The Kier molecular flexibility index (Phi) is 3.52. The molecule has 0 bridgehead atoms. The third-order valence-corrected chi connectivity index (χ3v) is 6.28. The summed E-state index contributed by atoms with van der Waals surface area (Å²) in [5.41, 5.74) is 2.79. The Labute approximate surface area is 145 Å². The van der Waals surface area contributed by atoms with Gasteiger partial charge in [0.15, 0.2) is 0 Å². The van der Waals surface area contributed by atoms with Crippen molar-refractivity contribution in [2.45, 2.75) is 32.4 Å². The molecule has 6 heteroatoms. The van der Waals surface area contributed by atoms with Gasteiger partial charge in [0.05, 0.1) is 5.39 Å². The van der Waals surface area contributed by atoms with Crippen LogP contribution in [0.4, 0.5) is 5.82 Å². The van der Waals surface area contributed by atoms with E-state index in [-0.39, 0.29) is 0 Å². The first kappa shape index (κ1) is 14.4. The summed E-state index contributed by atoms with van der Waals surface area (Å²) in [6.45, 7) is 5.39. The summed E-state index contributed by atoms with van der Waals surface area (Å²) in [5.74, 6) is 1.17. The molecule has 24 heavy (non-hydrogen) atoms. The maximum absolute atomic E-state index is 4.65. The van der Waals surface area contributed by atoms with Crippen LogP contribution in [0.1, 0.15) is 29.0 Å². The minimum absolute atomic E-state index is 0.991. The molecule has 0 aromatic carbocycles. The van der Waals surface area contributed by atoms with Gasteiger partial charge in [-0.15, -0.1) is 11.3 Å². The van der Waals surface area contributed by atoms with Crippen LogP contribution in [0.5, 0.6) is 0 Å². The van der Waals surface area contributed by atoms with E-state index in [1.54, 1.807) is 6.33 Å². The summed E-state index contributed by atoms with van der Waals surface area (Å²) in [5, 5.41) is 1.33. The van der Waals surface area contributed by atoms with E-state index in [1.807, 2.05) is 17.5 Å². The number of aromatic nitrogens is 3. The lowest BCUT2D eigenvalue weighted by Gasteiger charge is -2.26. The summed E-state index contributed by atoms with van der Waals surface area (Å²) in [6, 6.07) is 4.24. The van der Waals surface area contributed by atoms with Crippen molar-refractivity contribution < 1.29 is 0 Å². The molecular weight excluding hydrogens is 318 g/mol. The van der Waals surface area contributed by atoms with Gasteiger partial charge in [0, 0.05) is 49.5 Å². The van der Waals surface area contributed by atoms with Gasteiger partial charge in [-0.2, -0.15) is 0 Å². The molecule has 124 valence electrons. The highest BCUT2D eigenvalue weighted by Crippen LogP contribution is 2.39. The summed E-state index contributed by atoms with van der Waals surface area (Å²) >= 11 is 1.86. The zero-order valence-electron chi connectivity index (χ0n) is 13.7. The van der Waals surface area contributed by atoms with Crippen LogP contribution in [-0.2, 0) is 19.5 Å². The summed E-state index contributed by atoms with van der Waals surface area (Å²) in [6.07, 6.45) is 7.41. The average molecular weight is 339 g/mol. The van der Waals surface area contributed by atoms with E-state index in [0.29, 0.717) is 0 Å². The van der Waals surface area contributed by atoms with E-state index in [9.17, 15) is 0 Å². The fourth-order valence-electron chi connectivity index (χ4n) is 3.97. The Hall–Kier alpha value is -1.92. The number of thiophene rings is 1. The Morgan fingerprint density at radius 1 is 1.17 bits per heavy atom. The minimum Gasteiger partial charge on any atom is -0.364 e. The van der Waals surface area contributed by atoms with Crippen LogP contribution in [-0.4, -0.2) is 39.5 Å². The predicted octanol–water partition coefficient (Wildman–Crippen LogP) is 3.18. The minimum atomic E-state index is 0.991. The molecule has 3 aromatic rings. The molecule has 5 nitrogen and oxygen atoms in total. The third-order valence-electron chi connectivity index (χ3n) is 5.16. The van der Waals surface area contributed by atoms with E-state index in [0.717, 1.165) is 39.1 Å². The molecule has 0 radical (unpaired) electrons. The van der Waals surface area contributed by atoms with Crippen molar-refractivity contribution in [3.8, 4) is 0 Å². The van der Waals surface area contributed by atoms with Crippen molar-refractivity contribution in [3.63, 3.8) is 0 Å². The van der Waals surface area contributed by atoms with E-state index in [2.05, 4.69) is 36.9 Å². The van der Waals surface area contributed by atoms with Crippen molar-refractivity contribution in [1.29, 1.82) is 0 Å². The summed E-state index contributed by atoms with van der Waals surface area (Å²) < 4.78 is 0. The lowest BCUT2D eigenvalue weighted by molar-refractivity contribution is 0.247. The van der Waals surface area contributed by atoms with Crippen molar-refractivity contribution in [3.05, 3.63) is 40.8 Å². The molecule has 0 aliphatic carbocycles. The highest BCUT2D eigenvalue weighted by molar-refractivity contribution is 7.19. The molecule has 2 aliphatic rings. The van der Waals surface area contributed by atoms with Crippen molar-refractivity contribution >= 4 is 27.4 Å². The number of hydrogen-bond acceptors (Lipinski definition) is 5. The Bertz CT molecular complexity index is 848. The highest BCUT2D eigenvalue weighted by atomic mass is 32.1. The first-order valence-electron chi connectivity index (χ1n) is 8.73. The van der Waals surface area contributed by atoms with E-state index in [1.165, 1.54) is 45.0 Å². The molecular formula is C18H21N5S. The molecule has 0 saturated carbocycles. The predicted molar refractivity (Wildman–Crippen MR) is 97.5 cm³/mol. The Morgan fingerprint density at radius 3 is 2.92 bits per heavy atom. The monoisotopic (exact) mass is 339 g/mol. The standard InChI is InChI=1S/C18H21N5S/c1-2-8-23(7-1)17-16-14-5-9-22(10-13-4-3-6-19-13)11-15(14)24-18(16)21-12-20-17/h3-4,6,12,19H,1-2,5,7-11H2. The molecule has 1 saturated heterocycles. The van der Waals surface area contributed by atoms with Crippen LogP contribution >= 0.6 is 11.3 Å². The van der Waals surface area contributed by atoms with Gasteiger partial charge in [-0.25, -0.2) is 9.97 Å². The van der Waals surface area contributed by atoms with Crippen LogP contribution in [0, 0.1) is 0 Å². The largest absolute Gasteiger partial charge is 0.364 e. The van der Waals surface area contributed by atoms with Crippen LogP contribution < -0.4 is 4.90 Å². The normalized spacial score (nSPS) is 18.4. The smallest absolute Gasteiger partial charge is 0.141 e. The molecule has 1 N–H and O–H groups in total. The third kappa shape index (κ3) is 2.41. The van der Waals surface area contributed by atoms with E-state index in [4.69, 9.17) is 0 Å². The number of H-pyrrole nitrogens is 1. The molecule has 0 atom stereocenters. The number of anilines is 1. The summed E-state index contributed by atoms with van der Waals surface area (Å²) in [4.78, 5) is 20.1. The molecule has 2 aliphatic heterocycles. The number of aromatic amines is 1. The van der Waals surface area contributed by atoms with Crippen molar-refractivity contribution in [2.24, 2.45) is 0 Å². The lowest BCUT2D eigenvalue weighted by atomic mass is 10.0. The topological polar surface area (TPSA) is 48.1 Å². The molecule has 0 spiro atoms. The van der Waals surface area contributed by atoms with Gasteiger partial charge in [0.1, 0.15) is 17.0 Å². The zero-order chi connectivity index (χ0) is 15.9. The molecule has 5 rings (SSSR count). The second kappa shape index (κ2) is 5.86. The Balaban J connectivity index is 1.49. The highest BCUT2D eigenvalue weighted by Gasteiger charge is 2.26. The van der Waals surface area contributed by atoms with Crippen LogP contribution in [0.15, 0.2) is 24.7 Å². The SMILES string of the molecule is c1c[nH]c(CN2CCc3c(sc4ncnc(N5CCCC5)c34)C2)c1. The van der Waals surface area contributed by atoms with Crippen molar-refractivity contribution in [1.82, 2.24) is 19.9 Å². The van der Waals surface area contributed by atoms with Crippen LogP contribution in [0.25, 0.3) is 10.2 Å². The fourth-order valence-corrected chi connectivity index (χ4v) is 5.20. The maximum Gasteiger partial charge on any atom is 0.141 e. The molecule has 0 unspecified atom stereocenters. The number of rotatable bonds is 3. The molecule has 1 fully saturated rings. The first-order valence-corrected chi connectivity index (χ1v) is 9.55. The van der Waals surface area contributed by atoms with Crippen LogP contribution in [0.3, 0.4) is 0 Å². The number of fused-ring (bicyclic) bond motifs is 3. The van der Waals surface area contributed by atoms with Gasteiger partial charge in [-0.3, -0.25) is 4.90 Å². The molecule has 3 aromatic heterocycles. The Morgan fingerprint density at radius 2 is 2.08 bits per heavy atom. The number of nitrogens with one attached hydrogen (secondary N) is 1. The van der Waals surface area contributed by atoms with Gasteiger partial charge in [0.2, 0.25) is 0 Å². The van der Waals surface area contributed by atoms with Gasteiger partial charge in [-0.05, 0) is 37.0 Å². The van der Waals surface area contributed by atoms with Crippen molar-refractivity contribution in [2.75, 3.05) is 24.5 Å². The number of nitrogens with zero attached hydrogens (tertiary/aromatic N) is 4. The molecule has 0 amide bonds. The molecule has 5 heterocycles. The maximum atomic E-state index is 4.65. The van der Waals surface area contributed by atoms with E-state index >= 15 is 0 Å². The fraction of sp³-hybridized carbons (Fsp3) is 0.444. The van der Waals surface area contributed by atoms with Gasteiger partial charge >= 0.3 is 0 Å². The van der Waals surface area contributed by atoms with Gasteiger partial charge in [0.25, 0.3) is 0 Å². The second-order valence-electron chi connectivity index (χ2n) is 6.73. The first-order chi connectivity index (χ1) is 11.9. The van der Waals surface area contributed by atoms with Gasteiger partial charge in [-0.1, -0.05) is 0 Å². The lowest BCUT2D eigenvalue weighted by Crippen LogP contribution is -2.29. The number of hydrogen-bond donors (Lipinski definition) is 1. The average Bonchev–Trinajstić information content (AvgIpc) is 3.34. The zero-order valence-corrected chi connectivity index (χ0v) is 14.5. The van der Waals surface area contributed by atoms with E-state index < -0.39 is 0 Å². The van der Waals surface area contributed by atoms with Crippen LogP contribution in [0.2, 0.25) is 0 Å². The van der Waals surface area contributed by atoms with Gasteiger partial charge < -0.3 is 9.88 Å².